The number of hydrogen-bond donors (Lipinski definition) is 0. The third-order valence-electron chi connectivity index (χ3n) is 1.85. The predicted molar refractivity (Wildman–Crippen MR) is 46.9 cm³/mol. The van der Waals surface area contributed by atoms with Crippen LogP contribution in [0.5, 0.6) is 0 Å². The molecule has 0 saturated carbocycles. The largest absolute Gasteiger partial charge is 0.381 e. The van der Waals surface area contributed by atoms with Crippen molar-refractivity contribution in [3.63, 3.8) is 0 Å². The Bertz CT molecular complexity index is 164. The first kappa shape index (κ1) is 9.28. The van der Waals surface area contributed by atoms with Crippen LogP contribution in [0.25, 0.3) is 0 Å². The summed E-state index contributed by atoms with van der Waals surface area (Å²) in [5, 5.41) is 0. The lowest BCUT2D eigenvalue weighted by Gasteiger charge is -2.16. The van der Waals surface area contributed by atoms with E-state index in [1.165, 1.54) is 11.3 Å². The fraction of sp³-hybridized carbons (Fsp3) is 0.556. The van der Waals surface area contributed by atoms with Gasteiger partial charge in [-0.2, -0.15) is 0 Å². The second-order valence-electron chi connectivity index (χ2n) is 2.89. The maximum Gasteiger partial charge on any atom is 0.0128 e. The smallest absolute Gasteiger partial charge is 0.0128 e. The predicted octanol–water partition coefficient (Wildman–Crippen LogP) is 2.42. The summed E-state index contributed by atoms with van der Waals surface area (Å²) in [6, 6.07) is 0. The highest BCUT2D eigenvalue weighted by Gasteiger charge is 1.97. The Kier molecular flexibility index (Phi) is 3.20. The van der Waals surface area contributed by atoms with Gasteiger partial charge in [0.15, 0.2) is 0 Å². The zero-order chi connectivity index (χ0) is 8.31. The number of hydrogen-bond acceptors (Lipinski definition) is 1. The molecule has 58 valence electrons. The Balaban J connectivity index is 4.50. The van der Waals surface area contributed by atoms with Crippen molar-refractivity contribution in [1.29, 1.82) is 0 Å². The van der Waals surface area contributed by atoms with E-state index in [4.69, 9.17) is 0 Å². The maximum absolute atomic E-state index is 3.87. The van der Waals surface area contributed by atoms with Crippen molar-refractivity contribution in [2.24, 2.45) is 0 Å². The van der Waals surface area contributed by atoms with Gasteiger partial charge in [-0.1, -0.05) is 12.2 Å². The molecule has 0 heterocycles. The standard InChI is InChI=1S/C9H17N/c1-7(2)8(3)9(4)10(5)6/h1H2,2-6H3/b9-8-. The molecule has 0 amide bonds. The van der Waals surface area contributed by atoms with Crippen LogP contribution in [0.4, 0.5) is 0 Å². The van der Waals surface area contributed by atoms with Crippen LogP contribution in [0.2, 0.25) is 0 Å². The minimum Gasteiger partial charge on any atom is -0.381 e. The van der Waals surface area contributed by atoms with Gasteiger partial charge < -0.3 is 4.90 Å². The first-order valence-electron chi connectivity index (χ1n) is 3.47. The Morgan fingerprint density at radius 1 is 1.10 bits per heavy atom. The molecule has 0 aliphatic carbocycles. The molecule has 0 spiro atoms. The molecular weight excluding hydrogens is 122 g/mol. The Morgan fingerprint density at radius 2 is 1.50 bits per heavy atom. The second-order valence-corrected chi connectivity index (χ2v) is 2.89. The van der Waals surface area contributed by atoms with Crippen molar-refractivity contribution in [3.05, 3.63) is 23.4 Å². The molecule has 0 aromatic heterocycles. The average molecular weight is 139 g/mol. The molecule has 0 N–H and O–H groups in total. The zero-order valence-electron chi connectivity index (χ0n) is 7.65. The first-order chi connectivity index (χ1) is 4.46. The average Bonchev–Trinajstić information content (AvgIpc) is 1.84. The normalized spacial score (nSPS) is 12.5. The fourth-order valence-corrected chi connectivity index (χ4v) is 0.644. The van der Waals surface area contributed by atoms with Crippen LogP contribution in [0.3, 0.4) is 0 Å². The lowest BCUT2D eigenvalue weighted by molar-refractivity contribution is 0.508. The number of rotatable bonds is 2. The van der Waals surface area contributed by atoms with Gasteiger partial charge in [-0.3, -0.25) is 0 Å². The molecule has 0 aliphatic heterocycles. The highest BCUT2D eigenvalue weighted by atomic mass is 15.1. The summed E-state index contributed by atoms with van der Waals surface area (Å²) in [5.74, 6) is 0. The van der Waals surface area contributed by atoms with E-state index in [0.717, 1.165) is 5.57 Å². The lowest BCUT2D eigenvalue weighted by Crippen LogP contribution is -2.10. The van der Waals surface area contributed by atoms with Crippen molar-refractivity contribution in [2.45, 2.75) is 20.8 Å². The van der Waals surface area contributed by atoms with Gasteiger partial charge in [0.05, 0.1) is 0 Å². The van der Waals surface area contributed by atoms with Gasteiger partial charge in [0.2, 0.25) is 0 Å². The second kappa shape index (κ2) is 3.45. The molecule has 0 aliphatic rings. The van der Waals surface area contributed by atoms with Crippen LogP contribution in [0.1, 0.15) is 20.8 Å². The molecule has 0 rings (SSSR count). The third-order valence-corrected chi connectivity index (χ3v) is 1.85. The summed E-state index contributed by atoms with van der Waals surface area (Å²) < 4.78 is 0. The summed E-state index contributed by atoms with van der Waals surface area (Å²) >= 11 is 0. The van der Waals surface area contributed by atoms with E-state index < -0.39 is 0 Å². The van der Waals surface area contributed by atoms with Gasteiger partial charge in [-0.25, -0.2) is 0 Å². The Hall–Kier alpha value is -0.720. The summed E-state index contributed by atoms with van der Waals surface area (Å²) in [7, 11) is 4.09. The molecule has 0 aromatic rings. The zero-order valence-corrected chi connectivity index (χ0v) is 7.65. The van der Waals surface area contributed by atoms with E-state index >= 15 is 0 Å². The fourth-order valence-electron chi connectivity index (χ4n) is 0.644. The van der Waals surface area contributed by atoms with Crippen molar-refractivity contribution in [2.75, 3.05) is 14.1 Å². The van der Waals surface area contributed by atoms with Gasteiger partial charge in [-0.05, 0) is 26.3 Å². The van der Waals surface area contributed by atoms with Crippen LogP contribution < -0.4 is 0 Å². The van der Waals surface area contributed by atoms with Crippen LogP contribution in [-0.2, 0) is 0 Å². The van der Waals surface area contributed by atoms with Crippen LogP contribution in [0, 0.1) is 0 Å². The molecule has 0 atom stereocenters. The minimum atomic E-state index is 1.14. The number of nitrogens with zero attached hydrogens (tertiary/aromatic N) is 1. The topological polar surface area (TPSA) is 3.24 Å². The third kappa shape index (κ3) is 2.26. The van der Waals surface area contributed by atoms with E-state index in [9.17, 15) is 0 Å². The molecule has 0 fully saturated rings. The Morgan fingerprint density at radius 3 is 1.60 bits per heavy atom. The molecule has 1 nitrogen and oxygen atoms in total. The SMILES string of the molecule is C=C(C)/C(C)=C(/C)N(C)C. The summed E-state index contributed by atoms with van der Waals surface area (Å²) in [6.45, 7) is 10.1. The van der Waals surface area contributed by atoms with E-state index in [0.29, 0.717) is 0 Å². The molecule has 0 radical (unpaired) electrons. The van der Waals surface area contributed by atoms with Crippen LogP contribution in [0.15, 0.2) is 23.4 Å². The van der Waals surface area contributed by atoms with E-state index in [1.54, 1.807) is 0 Å². The van der Waals surface area contributed by atoms with E-state index in [2.05, 4.69) is 25.3 Å². The lowest BCUT2D eigenvalue weighted by atomic mass is 10.1. The molecule has 0 unspecified atom stereocenters. The maximum atomic E-state index is 3.87. The van der Waals surface area contributed by atoms with Gasteiger partial charge in [0, 0.05) is 19.8 Å². The Labute approximate surface area is 64.0 Å². The van der Waals surface area contributed by atoms with Crippen molar-refractivity contribution in [1.82, 2.24) is 4.90 Å². The van der Waals surface area contributed by atoms with Gasteiger partial charge in [0.25, 0.3) is 0 Å². The molecular formula is C9H17N. The minimum absolute atomic E-state index is 1.14. The first-order valence-corrected chi connectivity index (χ1v) is 3.47. The van der Waals surface area contributed by atoms with Crippen molar-refractivity contribution in [3.8, 4) is 0 Å². The van der Waals surface area contributed by atoms with Gasteiger partial charge in [-0.15, -0.1) is 0 Å². The van der Waals surface area contributed by atoms with E-state index in [1.807, 2.05) is 21.0 Å². The molecule has 0 bridgehead atoms. The van der Waals surface area contributed by atoms with Crippen molar-refractivity contribution < 1.29 is 0 Å². The quantitative estimate of drug-likeness (QED) is 0.531. The molecule has 1 heteroatoms. The van der Waals surface area contributed by atoms with Crippen LogP contribution >= 0.6 is 0 Å². The molecule has 10 heavy (non-hydrogen) atoms. The van der Waals surface area contributed by atoms with Gasteiger partial charge in [0.1, 0.15) is 0 Å². The summed E-state index contributed by atoms with van der Waals surface area (Å²) in [4.78, 5) is 2.10. The molecule has 0 saturated heterocycles. The molecule has 0 aromatic carbocycles. The monoisotopic (exact) mass is 139 g/mol. The van der Waals surface area contributed by atoms with Crippen LogP contribution in [-0.4, -0.2) is 19.0 Å². The highest BCUT2D eigenvalue weighted by molar-refractivity contribution is 5.27. The van der Waals surface area contributed by atoms with Crippen molar-refractivity contribution >= 4 is 0 Å². The van der Waals surface area contributed by atoms with Gasteiger partial charge >= 0.3 is 0 Å². The number of allylic oxidation sites excluding steroid dienone is 3. The van der Waals surface area contributed by atoms with E-state index in [-0.39, 0.29) is 0 Å². The highest BCUT2D eigenvalue weighted by Crippen LogP contribution is 2.12. The summed E-state index contributed by atoms with van der Waals surface area (Å²) in [5.41, 5.74) is 3.71. The summed E-state index contributed by atoms with van der Waals surface area (Å²) in [6.07, 6.45) is 0.